The van der Waals surface area contributed by atoms with Gasteiger partial charge < -0.3 is 4.90 Å². The summed E-state index contributed by atoms with van der Waals surface area (Å²) >= 11 is 6.23. The Kier molecular flexibility index (Phi) is 2.52. The van der Waals surface area contributed by atoms with Crippen molar-refractivity contribution in [1.29, 1.82) is 0 Å². The Labute approximate surface area is 129 Å². The highest BCUT2D eigenvalue weighted by Crippen LogP contribution is 2.55. The van der Waals surface area contributed by atoms with Gasteiger partial charge >= 0.3 is 0 Å². The smallest absolute Gasteiger partial charge is 0.220 e. The number of carbonyl (C=O) groups excluding carboxylic acids is 1. The molecule has 0 radical (unpaired) electrons. The zero-order chi connectivity index (χ0) is 14.8. The molecule has 4 rings (SSSR count). The van der Waals surface area contributed by atoms with Crippen molar-refractivity contribution in [2.24, 2.45) is 0 Å². The molecular formula is C18H16ClNO. The Bertz CT molecular complexity index is 770. The van der Waals surface area contributed by atoms with E-state index >= 15 is 0 Å². The van der Waals surface area contributed by atoms with Crippen LogP contribution in [-0.2, 0) is 16.8 Å². The Morgan fingerprint density at radius 1 is 1.24 bits per heavy atom. The average molecular weight is 298 g/mol. The molecule has 2 atom stereocenters. The largest absolute Gasteiger partial charge is 0.322 e. The van der Waals surface area contributed by atoms with Crippen molar-refractivity contribution >= 4 is 17.5 Å². The van der Waals surface area contributed by atoms with Crippen LogP contribution < -0.4 is 0 Å². The number of fused-ring (bicyclic) bond motifs is 7. The molecule has 0 saturated heterocycles. The highest BCUT2D eigenvalue weighted by molar-refractivity contribution is 6.30. The molecular weight excluding hydrogens is 282 g/mol. The Morgan fingerprint density at radius 2 is 2.00 bits per heavy atom. The van der Waals surface area contributed by atoms with Gasteiger partial charge in [0.1, 0.15) is 0 Å². The summed E-state index contributed by atoms with van der Waals surface area (Å²) < 4.78 is 0. The molecule has 0 saturated carbocycles. The summed E-state index contributed by atoms with van der Waals surface area (Å²) in [5, 5.41) is 0.725. The zero-order valence-electron chi connectivity index (χ0n) is 12.1. The molecule has 1 amide bonds. The Morgan fingerprint density at radius 3 is 2.76 bits per heavy atom. The second kappa shape index (κ2) is 4.11. The molecule has 0 spiro atoms. The molecule has 0 fully saturated rings. The van der Waals surface area contributed by atoms with Gasteiger partial charge in [0.25, 0.3) is 0 Å². The van der Waals surface area contributed by atoms with Gasteiger partial charge in [-0.05, 0) is 47.7 Å². The maximum atomic E-state index is 12.3. The van der Waals surface area contributed by atoms with Crippen LogP contribution in [0.25, 0.3) is 0 Å². The van der Waals surface area contributed by atoms with E-state index in [0.717, 1.165) is 11.4 Å². The van der Waals surface area contributed by atoms with Crippen molar-refractivity contribution in [1.82, 2.24) is 4.90 Å². The normalized spacial score (nSPS) is 25.5. The van der Waals surface area contributed by atoms with Crippen molar-refractivity contribution in [3.63, 3.8) is 0 Å². The lowest BCUT2D eigenvalue weighted by molar-refractivity contribution is -0.136. The lowest BCUT2D eigenvalue weighted by atomic mass is 9.80. The lowest BCUT2D eigenvalue weighted by Gasteiger charge is -2.44. The summed E-state index contributed by atoms with van der Waals surface area (Å²) in [4.78, 5) is 14.3. The van der Waals surface area contributed by atoms with Gasteiger partial charge in [-0.3, -0.25) is 4.79 Å². The van der Waals surface area contributed by atoms with Gasteiger partial charge in [-0.25, -0.2) is 0 Å². The maximum absolute atomic E-state index is 12.3. The number of carbonyl (C=O) groups is 1. The third kappa shape index (κ3) is 1.51. The quantitative estimate of drug-likeness (QED) is 0.718. The van der Waals surface area contributed by atoms with Gasteiger partial charge in [-0.1, -0.05) is 41.9 Å². The summed E-state index contributed by atoms with van der Waals surface area (Å²) in [5.41, 5.74) is 4.53. The SMILES string of the molecule is CC(=O)N1C2Cc3ccccc3C1(C)c1cc(Cl)ccc12. The van der Waals surface area contributed by atoms with Gasteiger partial charge in [-0.2, -0.15) is 0 Å². The molecule has 2 unspecified atom stereocenters. The number of hydrogen-bond donors (Lipinski definition) is 0. The van der Waals surface area contributed by atoms with Gasteiger partial charge in [0, 0.05) is 11.9 Å². The predicted molar refractivity (Wildman–Crippen MR) is 83.3 cm³/mol. The average Bonchev–Trinajstić information content (AvgIpc) is 2.64. The van der Waals surface area contributed by atoms with Gasteiger partial charge in [0.2, 0.25) is 5.91 Å². The van der Waals surface area contributed by atoms with Crippen LogP contribution in [0.5, 0.6) is 0 Å². The van der Waals surface area contributed by atoms with E-state index in [2.05, 4.69) is 31.2 Å². The fourth-order valence-electron chi connectivity index (χ4n) is 4.21. The first-order valence-corrected chi connectivity index (χ1v) is 7.59. The first kappa shape index (κ1) is 12.9. The van der Waals surface area contributed by atoms with Gasteiger partial charge in [-0.15, -0.1) is 0 Å². The molecule has 21 heavy (non-hydrogen) atoms. The summed E-state index contributed by atoms with van der Waals surface area (Å²) in [6.45, 7) is 3.80. The van der Waals surface area contributed by atoms with Crippen LogP contribution in [0.15, 0.2) is 42.5 Å². The van der Waals surface area contributed by atoms with E-state index in [1.54, 1.807) is 6.92 Å². The highest BCUT2D eigenvalue weighted by Gasteiger charge is 2.53. The summed E-state index contributed by atoms with van der Waals surface area (Å²) in [7, 11) is 0. The molecule has 2 nitrogen and oxygen atoms in total. The van der Waals surface area contributed by atoms with Crippen molar-refractivity contribution < 1.29 is 4.79 Å². The van der Waals surface area contributed by atoms with E-state index in [1.165, 1.54) is 22.3 Å². The molecule has 2 aliphatic heterocycles. The Balaban J connectivity index is 2.08. The van der Waals surface area contributed by atoms with Crippen LogP contribution in [0.3, 0.4) is 0 Å². The van der Waals surface area contributed by atoms with E-state index in [1.807, 2.05) is 23.1 Å². The lowest BCUT2D eigenvalue weighted by Crippen LogP contribution is -2.47. The summed E-state index contributed by atoms with van der Waals surface area (Å²) in [5.74, 6) is 0.115. The molecule has 3 heteroatoms. The molecule has 0 aromatic heterocycles. The van der Waals surface area contributed by atoms with Gasteiger partial charge in [0.15, 0.2) is 0 Å². The van der Waals surface area contributed by atoms with Crippen LogP contribution in [0.2, 0.25) is 5.02 Å². The standard InChI is InChI=1S/C18H16ClNO/c1-11(21)20-17-9-12-5-3-4-6-15(12)18(20,2)16-10-13(19)7-8-14(16)17/h3-8,10,17H,9H2,1-2H3. The van der Waals surface area contributed by atoms with E-state index in [4.69, 9.17) is 11.6 Å². The van der Waals surface area contributed by atoms with Crippen LogP contribution in [0.1, 0.15) is 42.1 Å². The molecule has 0 N–H and O–H groups in total. The number of hydrogen-bond acceptors (Lipinski definition) is 1. The van der Waals surface area contributed by atoms with E-state index in [0.29, 0.717) is 0 Å². The highest BCUT2D eigenvalue weighted by atomic mass is 35.5. The zero-order valence-corrected chi connectivity index (χ0v) is 12.8. The molecule has 2 bridgehead atoms. The molecule has 2 aliphatic rings. The van der Waals surface area contributed by atoms with Crippen molar-refractivity contribution in [2.75, 3.05) is 0 Å². The van der Waals surface area contributed by atoms with Crippen molar-refractivity contribution in [3.05, 3.63) is 69.7 Å². The van der Waals surface area contributed by atoms with Crippen molar-refractivity contribution in [2.45, 2.75) is 31.8 Å². The molecule has 0 aliphatic carbocycles. The number of amides is 1. The van der Waals surface area contributed by atoms with E-state index in [-0.39, 0.29) is 11.9 Å². The second-order valence-electron chi connectivity index (χ2n) is 6.07. The minimum Gasteiger partial charge on any atom is -0.322 e. The summed E-state index contributed by atoms with van der Waals surface area (Å²) in [6.07, 6.45) is 0.875. The minimum absolute atomic E-state index is 0.115. The summed E-state index contributed by atoms with van der Waals surface area (Å²) in [6, 6.07) is 14.6. The van der Waals surface area contributed by atoms with Crippen LogP contribution in [0.4, 0.5) is 0 Å². The second-order valence-corrected chi connectivity index (χ2v) is 6.51. The molecule has 2 heterocycles. The molecule has 2 aromatic carbocycles. The molecule has 2 aromatic rings. The van der Waals surface area contributed by atoms with Crippen molar-refractivity contribution in [3.8, 4) is 0 Å². The number of halogens is 1. The van der Waals surface area contributed by atoms with Gasteiger partial charge in [0.05, 0.1) is 11.6 Å². The van der Waals surface area contributed by atoms with Crippen LogP contribution in [-0.4, -0.2) is 10.8 Å². The fraction of sp³-hybridized carbons (Fsp3) is 0.278. The number of rotatable bonds is 0. The van der Waals surface area contributed by atoms with E-state index < -0.39 is 5.54 Å². The third-order valence-corrected chi connectivity index (χ3v) is 5.22. The minimum atomic E-state index is -0.411. The topological polar surface area (TPSA) is 20.3 Å². The van der Waals surface area contributed by atoms with E-state index in [9.17, 15) is 4.79 Å². The number of benzene rings is 2. The first-order valence-electron chi connectivity index (χ1n) is 7.21. The monoisotopic (exact) mass is 297 g/mol. The Hall–Kier alpha value is -1.80. The maximum Gasteiger partial charge on any atom is 0.220 e. The third-order valence-electron chi connectivity index (χ3n) is 4.99. The molecule has 106 valence electrons. The fourth-order valence-corrected chi connectivity index (χ4v) is 4.39. The van der Waals surface area contributed by atoms with Crippen LogP contribution in [0, 0.1) is 0 Å². The van der Waals surface area contributed by atoms with Crippen LogP contribution >= 0.6 is 11.6 Å². The first-order chi connectivity index (χ1) is 10.0. The predicted octanol–water partition coefficient (Wildman–Crippen LogP) is 4.06. The number of nitrogens with zero attached hydrogens (tertiary/aromatic N) is 1.